The topological polar surface area (TPSA) is 67.9 Å². The number of carbonyl (C=O) groups excluding carboxylic acids is 2. The van der Waals surface area contributed by atoms with Crippen molar-refractivity contribution in [3.63, 3.8) is 0 Å². The highest BCUT2D eigenvalue weighted by Gasteiger charge is 2.17. The molecule has 1 aliphatic heterocycles. The molecule has 1 aromatic heterocycles. The summed E-state index contributed by atoms with van der Waals surface area (Å²) in [5.41, 5.74) is 0.630. The lowest BCUT2D eigenvalue weighted by Gasteiger charge is -2.21. The Bertz CT molecular complexity index is 776. The number of nitrogens with one attached hydrogen (secondary N) is 1. The van der Waals surface area contributed by atoms with Crippen LogP contribution in [0.1, 0.15) is 24.6 Å². The van der Waals surface area contributed by atoms with Gasteiger partial charge in [0.25, 0.3) is 0 Å². The molecule has 0 spiro atoms. The first-order valence-electron chi connectivity index (χ1n) is 9.15. The van der Waals surface area contributed by atoms with E-state index in [1.54, 1.807) is 34.4 Å². The standard InChI is InChI=1S/C20H24N2O4S/c1-2-22(20(24)7-3-5-16-6-4-12-27-16)14-19(23)21-15-8-9-17-18(13-15)26-11-10-25-17/h4,6,8-9,12-13H,2-3,5,7,10-11,14H2,1H3,(H,21,23). The summed E-state index contributed by atoms with van der Waals surface area (Å²) >= 11 is 1.70. The highest BCUT2D eigenvalue weighted by atomic mass is 32.1. The fourth-order valence-corrected chi connectivity index (χ4v) is 3.65. The first-order valence-corrected chi connectivity index (χ1v) is 10.0. The molecule has 1 aromatic carbocycles. The summed E-state index contributed by atoms with van der Waals surface area (Å²) in [4.78, 5) is 27.6. The lowest BCUT2D eigenvalue weighted by Crippen LogP contribution is -2.37. The molecule has 0 unspecified atom stereocenters. The van der Waals surface area contributed by atoms with Crippen LogP contribution in [-0.4, -0.2) is 43.0 Å². The molecule has 0 saturated carbocycles. The van der Waals surface area contributed by atoms with E-state index in [-0.39, 0.29) is 18.4 Å². The Morgan fingerprint density at radius 3 is 2.74 bits per heavy atom. The Balaban J connectivity index is 1.48. The largest absolute Gasteiger partial charge is 0.486 e. The van der Waals surface area contributed by atoms with Crippen molar-refractivity contribution < 1.29 is 19.1 Å². The van der Waals surface area contributed by atoms with Crippen LogP contribution in [0.15, 0.2) is 35.7 Å². The van der Waals surface area contributed by atoms with Gasteiger partial charge in [0, 0.05) is 29.6 Å². The summed E-state index contributed by atoms with van der Waals surface area (Å²) in [6, 6.07) is 9.38. The van der Waals surface area contributed by atoms with E-state index in [9.17, 15) is 9.59 Å². The number of thiophene rings is 1. The van der Waals surface area contributed by atoms with Crippen LogP contribution in [0, 0.1) is 0 Å². The molecule has 6 nitrogen and oxygen atoms in total. The molecule has 0 atom stereocenters. The Morgan fingerprint density at radius 1 is 1.19 bits per heavy atom. The van der Waals surface area contributed by atoms with Gasteiger partial charge in [0.2, 0.25) is 11.8 Å². The molecule has 2 amide bonds. The molecule has 0 radical (unpaired) electrons. The van der Waals surface area contributed by atoms with Gasteiger partial charge in [-0.15, -0.1) is 11.3 Å². The molecule has 1 N–H and O–H groups in total. The van der Waals surface area contributed by atoms with E-state index < -0.39 is 0 Å². The van der Waals surface area contributed by atoms with Crippen LogP contribution in [-0.2, 0) is 16.0 Å². The second-order valence-electron chi connectivity index (χ2n) is 6.25. The molecule has 7 heteroatoms. The molecule has 2 aromatic rings. The van der Waals surface area contributed by atoms with E-state index in [1.807, 2.05) is 18.4 Å². The third-order valence-electron chi connectivity index (χ3n) is 4.29. The monoisotopic (exact) mass is 388 g/mol. The number of rotatable bonds is 8. The van der Waals surface area contributed by atoms with Gasteiger partial charge in [-0.3, -0.25) is 9.59 Å². The van der Waals surface area contributed by atoms with Crippen molar-refractivity contribution in [1.29, 1.82) is 0 Å². The summed E-state index contributed by atoms with van der Waals surface area (Å²) in [7, 11) is 0. The Labute approximate surface area is 163 Å². The highest BCUT2D eigenvalue weighted by Crippen LogP contribution is 2.32. The third kappa shape index (κ3) is 5.47. The van der Waals surface area contributed by atoms with Crippen molar-refractivity contribution in [2.75, 3.05) is 31.6 Å². The van der Waals surface area contributed by atoms with Crippen molar-refractivity contribution in [1.82, 2.24) is 4.90 Å². The van der Waals surface area contributed by atoms with E-state index >= 15 is 0 Å². The van der Waals surface area contributed by atoms with Crippen molar-refractivity contribution in [2.45, 2.75) is 26.2 Å². The molecular formula is C20H24N2O4S. The fourth-order valence-electron chi connectivity index (χ4n) is 2.90. The van der Waals surface area contributed by atoms with Crippen LogP contribution in [0.5, 0.6) is 11.5 Å². The van der Waals surface area contributed by atoms with E-state index in [4.69, 9.17) is 9.47 Å². The summed E-state index contributed by atoms with van der Waals surface area (Å²) in [5.74, 6) is 1.08. The van der Waals surface area contributed by atoms with Gasteiger partial charge >= 0.3 is 0 Å². The van der Waals surface area contributed by atoms with Crippen LogP contribution in [0.2, 0.25) is 0 Å². The summed E-state index contributed by atoms with van der Waals surface area (Å²) in [6.07, 6.45) is 2.13. The van der Waals surface area contributed by atoms with Crippen molar-refractivity contribution in [3.05, 3.63) is 40.6 Å². The Hall–Kier alpha value is -2.54. The first-order chi connectivity index (χ1) is 13.2. The number of nitrogens with zero attached hydrogens (tertiary/aromatic N) is 1. The minimum atomic E-state index is -0.222. The number of likely N-dealkylation sites (N-methyl/N-ethyl adjacent to an activating group) is 1. The van der Waals surface area contributed by atoms with Crippen LogP contribution >= 0.6 is 11.3 Å². The van der Waals surface area contributed by atoms with E-state index in [2.05, 4.69) is 11.4 Å². The van der Waals surface area contributed by atoms with Crippen LogP contribution < -0.4 is 14.8 Å². The number of hydrogen-bond donors (Lipinski definition) is 1. The van der Waals surface area contributed by atoms with Gasteiger partial charge in [0.05, 0.1) is 6.54 Å². The molecule has 0 aliphatic carbocycles. The molecule has 144 valence electrons. The van der Waals surface area contributed by atoms with Gasteiger partial charge in [-0.1, -0.05) is 6.07 Å². The predicted molar refractivity (Wildman–Crippen MR) is 106 cm³/mol. The zero-order valence-corrected chi connectivity index (χ0v) is 16.2. The van der Waals surface area contributed by atoms with E-state index in [0.717, 1.165) is 12.8 Å². The smallest absolute Gasteiger partial charge is 0.243 e. The lowest BCUT2D eigenvalue weighted by molar-refractivity contribution is -0.134. The minimum Gasteiger partial charge on any atom is -0.486 e. The van der Waals surface area contributed by atoms with Gasteiger partial charge in [0.15, 0.2) is 11.5 Å². The summed E-state index contributed by atoms with van der Waals surface area (Å²) < 4.78 is 11.0. The fraction of sp³-hybridized carbons (Fsp3) is 0.400. The molecule has 0 fully saturated rings. The highest BCUT2D eigenvalue weighted by molar-refractivity contribution is 7.09. The van der Waals surface area contributed by atoms with Gasteiger partial charge in [-0.05, 0) is 43.3 Å². The number of hydrogen-bond acceptors (Lipinski definition) is 5. The maximum absolute atomic E-state index is 12.4. The van der Waals surface area contributed by atoms with E-state index in [1.165, 1.54) is 4.88 Å². The summed E-state index contributed by atoms with van der Waals surface area (Å²) in [6.45, 7) is 3.45. The van der Waals surface area contributed by atoms with Crippen molar-refractivity contribution >= 4 is 28.8 Å². The normalized spacial score (nSPS) is 12.5. The number of anilines is 1. The number of benzene rings is 1. The predicted octanol–water partition coefficient (Wildman–Crippen LogP) is 3.33. The average molecular weight is 388 g/mol. The number of carbonyl (C=O) groups is 2. The third-order valence-corrected chi connectivity index (χ3v) is 5.22. The van der Waals surface area contributed by atoms with Crippen LogP contribution in [0.4, 0.5) is 5.69 Å². The number of amides is 2. The quantitative estimate of drug-likeness (QED) is 0.753. The number of aryl methyl sites for hydroxylation is 1. The van der Waals surface area contributed by atoms with Crippen LogP contribution in [0.25, 0.3) is 0 Å². The van der Waals surface area contributed by atoms with Gasteiger partial charge in [-0.2, -0.15) is 0 Å². The zero-order chi connectivity index (χ0) is 19.1. The lowest BCUT2D eigenvalue weighted by atomic mass is 10.2. The van der Waals surface area contributed by atoms with Crippen molar-refractivity contribution in [2.24, 2.45) is 0 Å². The Kier molecular flexibility index (Phi) is 6.70. The van der Waals surface area contributed by atoms with Crippen molar-refractivity contribution in [3.8, 4) is 11.5 Å². The van der Waals surface area contributed by atoms with Crippen LogP contribution in [0.3, 0.4) is 0 Å². The second-order valence-corrected chi connectivity index (χ2v) is 7.28. The zero-order valence-electron chi connectivity index (χ0n) is 15.4. The molecule has 1 aliphatic rings. The molecule has 3 rings (SSSR count). The number of fused-ring (bicyclic) bond motifs is 1. The second kappa shape index (κ2) is 9.41. The summed E-state index contributed by atoms with van der Waals surface area (Å²) in [5, 5.41) is 4.86. The Morgan fingerprint density at radius 2 is 2.00 bits per heavy atom. The molecule has 2 heterocycles. The number of ether oxygens (including phenoxy) is 2. The molecule has 0 saturated heterocycles. The maximum Gasteiger partial charge on any atom is 0.243 e. The SMILES string of the molecule is CCN(CC(=O)Nc1ccc2c(c1)OCCO2)C(=O)CCCc1cccs1. The minimum absolute atomic E-state index is 0.00591. The van der Waals surface area contributed by atoms with Gasteiger partial charge in [-0.25, -0.2) is 0 Å². The van der Waals surface area contributed by atoms with Gasteiger partial charge in [0.1, 0.15) is 13.2 Å². The van der Waals surface area contributed by atoms with E-state index in [0.29, 0.717) is 43.4 Å². The molecule has 0 bridgehead atoms. The average Bonchev–Trinajstić information content (AvgIpc) is 3.19. The van der Waals surface area contributed by atoms with Gasteiger partial charge < -0.3 is 19.7 Å². The maximum atomic E-state index is 12.4. The molecular weight excluding hydrogens is 364 g/mol. The first kappa shape index (κ1) is 19.2. The molecule has 27 heavy (non-hydrogen) atoms.